The number of amides is 1. The van der Waals surface area contributed by atoms with E-state index in [1.165, 1.54) is 30.8 Å². The lowest BCUT2D eigenvalue weighted by Gasteiger charge is -2.12. The number of anilines is 1. The van der Waals surface area contributed by atoms with Gasteiger partial charge in [-0.15, -0.1) is 0 Å². The summed E-state index contributed by atoms with van der Waals surface area (Å²) in [7, 11) is 0. The van der Waals surface area contributed by atoms with Crippen molar-refractivity contribution in [3.63, 3.8) is 0 Å². The van der Waals surface area contributed by atoms with Gasteiger partial charge in [0.15, 0.2) is 17.2 Å². The van der Waals surface area contributed by atoms with Crippen molar-refractivity contribution in [1.82, 2.24) is 34.6 Å². The summed E-state index contributed by atoms with van der Waals surface area (Å²) in [5, 5.41) is 2.59. The number of aryl methyl sites for hydroxylation is 1. The Kier molecular flexibility index (Phi) is 4.98. The SMILES string of the molecule is Cc1cnc2ccc(-c3nc(C(=O)NCc4ncccc4F)c(N)nc3-c3ncco3)cn12. The van der Waals surface area contributed by atoms with Gasteiger partial charge in [0.2, 0.25) is 5.89 Å². The normalized spacial score (nSPS) is 11.1. The van der Waals surface area contributed by atoms with Gasteiger partial charge >= 0.3 is 0 Å². The van der Waals surface area contributed by atoms with E-state index in [4.69, 9.17) is 10.2 Å². The van der Waals surface area contributed by atoms with Crippen LogP contribution in [0.5, 0.6) is 0 Å². The summed E-state index contributed by atoms with van der Waals surface area (Å²) >= 11 is 0. The third-order valence-electron chi connectivity index (χ3n) is 4.99. The molecule has 164 valence electrons. The number of carbonyl (C=O) groups is 1. The largest absolute Gasteiger partial charge is 0.443 e. The molecule has 5 heterocycles. The molecule has 0 radical (unpaired) electrons. The molecule has 11 heteroatoms. The predicted octanol–water partition coefficient (Wildman–Crippen LogP) is 2.80. The Morgan fingerprint density at radius 1 is 1.15 bits per heavy atom. The summed E-state index contributed by atoms with van der Waals surface area (Å²) in [4.78, 5) is 34.1. The molecule has 10 nitrogen and oxygen atoms in total. The van der Waals surface area contributed by atoms with Gasteiger partial charge in [0, 0.05) is 29.8 Å². The summed E-state index contributed by atoms with van der Waals surface area (Å²) in [5.41, 5.74) is 8.99. The fraction of sp³-hybridized carbons (Fsp3) is 0.0909. The summed E-state index contributed by atoms with van der Waals surface area (Å²) in [6.07, 6.45) is 7.90. The average molecular weight is 444 g/mol. The Hall–Kier alpha value is -4.67. The first-order valence-corrected chi connectivity index (χ1v) is 9.90. The van der Waals surface area contributed by atoms with Crippen molar-refractivity contribution in [1.29, 1.82) is 0 Å². The number of hydrogen-bond acceptors (Lipinski definition) is 8. The second-order valence-electron chi connectivity index (χ2n) is 7.15. The number of carbonyl (C=O) groups excluding carboxylic acids is 1. The molecular weight excluding hydrogens is 427 g/mol. The van der Waals surface area contributed by atoms with Crippen LogP contribution < -0.4 is 11.1 Å². The van der Waals surface area contributed by atoms with Crippen molar-refractivity contribution in [2.45, 2.75) is 13.5 Å². The van der Waals surface area contributed by atoms with Gasteiger partial charge in [-0.25, -0.2) is 24.3 Å². The summed E-state index contributed by atoms with van der Waals surface area (Å²) in [6, 6.07) is 6.36. The summed E-state index contributed by atoms with van der Waals surface area (Å²) in [6.45, 7) is 1.78. The quantitative estimate of drug-likeness (QED) is 0.422. The Labute approximate surface area is 186 Å². The van der Waals surface area contributed by atoms with Crippen LogP contribution in [0.3, 0.4) is 0 Å². The minimum absolute atomic E-state index is 0.0926. The van der Waals surface area contributed by atoms with Crippen molar-refractivity contribution in [2.24, 2.45) is 0 Å². The van der Waals surface area contributed by atoms with E-state index in [1.54, 1.807) is 12.3 Å². The highest BCUT2D eigenvalue weighted by Crippen LogP contribution is 2.30. The van der Waals surface area contributed by atoms with Crippen LogP contribution in [0, 0.1) is 12.7 Å². The minimum Gasteiger partial charge on any atom is -0.443 e. The third kappa shape index (κ3) is 3.76. The van der Waals surface area contributed by atoms with Crippen LogP contribution in [0.4, 0.5) is 10.2 Å². The van der Waals surface area contributed by atoms with E-state index in [0.717, 1.165) is 11.3 Å². The van der Waals surface area contributed by atoms with E-state index >= 15 is 0 Å². The second kappa shape index (κ2) is 8.11. The molecule has 1 amide bonds. The van der Waals surface area contributed by atoms with E-state index in [9.17, 15) is 9.18 Å². The second-order valence-corrected chi connectivity index (χ2v) is 7.15. The first kappa shape index (κ1) is 20.2. The molecule has 33 heavy (non-hydrogen) atoms. The first-order chi connectivity index (χ1) is 16.0. The van der Waals surface area contributed by atoms with Crippen LogP contribution in [-0.4, -0.2) is 35.2 Å². The zero-order chi connectivity index (χ0) is 22.9. The topological polar surface area (TPSA) is 137 Å². The highest BCUT2D eigenvalue weighted by Gasteiger charge is 2.22. The number of oxazole rings is 1. The van der Waals surface area contributed by atoms with E-state index in [1.807, 2.05) is 23.6 Å². The molecule has 5 aromatic heterocycles. The average Bonchev–Trinajstić information content (AvgIpc) is 3.48. The first-order valence-electron chi connectivity index (χ1n) is 9.90. The standard InChI is InChI=1S/C22H17FN8O2/c1-12-9-27-16-5-4-13(11-31(12)16)17-18(22-26-7-8-33-22)30-20(24)19(29-17)21(32)28-10-15-14(23)3-2-6-25-15/h2-9,11H,10H2,1H3,(H2,24,30)(H,28,32). The number of hydrogen-bond donors (Lipinski definition) is 2. The highest BCUT2D eigenvalue weighted by molar-refractivity contribution is 5.97. The van der Waals surface area contributed by atoms with Gasteiger partial charge in [0.25, 0.3) is 5.91 Å². The number of halogens is 1. The van der Waals surface area contributed by atoms with Crippen molar-refractivity contribution in [3.05, 3.63) is 78.2 Å². The molecule has 3 N–H and O–H groups in total. The monoisotopic (exact) mass is 444 g/mol. The van der Waals surface area contributed by atoms with Crippen LogP contribution in [0.2, 0.25) is 0 Å². The van der Waals surface area contributed by atoms with Crippen LogP contribution in [0.1, 0.15) is 21.9 Å². The minimum atomic E-state index is -0.620. The lowest BCUT2D eigenvalue weighted by Crippen LogP contribution is -2.26. The lowest BCUT2D eigenvalue weighted by atomic mass is 10.1. The molecule has 0 atom stereocenters. The molecule has 0 fully saturated rings. The maximum Gasteiger partial charge on any atom is 0.274 e. The van der Waals surface area contributed by atoms with Gasteiger partial charge in [-0.05, 0) is 31.2 Å². The van der Waals surface area contributed by atoms with Gasteiger partial charge in [0.1, 0.15) is 23.4 Å². The Morgan fingerprint density at radius 3 is 2.82 bits per heavy atom. The zero-order valence-corrected chi connectivity index (χ0v) is 17.4. The number of rotatable bonds is 5. The molecule has 0 aliphatic carbocycles. The molecule has 5 rings (SSSR count). The van der Waals surface area contributed by atoms with E-state index in [2.05, 4.69) is 30.2 Å². The molecule has 0 aliphatic heterocycles. The number of nitrogens with two attached hydrogens (primary N) is 1. The number of nitrogens with one attached hydrogen (secondary N) is 1. The molecule has 5 aromatic rings. The summed E-state index contributed by atoms with van der Waals surface area (Å²) < 4.78 is 21.2. The van der Waals surface area contributed by atoms with Crippen molar-refractivity contribution < 1.29 is 13.6 Å². The number of nitrogens with zero attached hydrogens (tertiary/aromatic N) is 6. The molecule has 0 saturated carbocycles. The molecule has 0 aliphatic rings. The number of imidazole rings is 1. The van der Waals surface area contributed by atoms with E-state index in [-0.39, 0.29) is 35.3 Å². The number of pyridine rings is 2. The summed E-state index contributed by atoms with van der Waals surface area (Å²) in [5.74, 6) is -1.06. The fourth-order valence-electron chi connectivity index (χ4n) is 3.34. The number of nitrogen functional groups attached to an aromatic ring is 1. The smallest absolute Gasteiger partial charge is 0.274 e. The lowest BCUT2D eigenvalue weighted by molar-refractivity contribution is 0.0946. The molecule has 0 unspecified atom stereocenters. The van der Waals surface area contributed by atoms with Crippen LogP contribution in [0.25, 0.3) is 28.5 Å². The van der Waals surface area contributed by atoms with Crippen molar-refractivity contribution in [2.75, 3.05) is 5.73 Å². The predicted molar refractivity (Wildman–Crippen MR) is 116 cm³/mol. The Morgan fingerprint density at radius 2 is 2.03 bits per heavy atom. The number of fused-ring (bicyclic) bond motifs is 1. The van der Waals surface area contributed by atoms with Crippen molar-refractivity contribution in [3.8, 4) is 22.8 Å². The molecule has 0 bridgehead atoms. The Balaban J connectivity index is 1.57. The molecule has 0 saturated heterocycles. The van der Waals surface area contributed by atoms with Crippen LogP contribution in [0.15, 0.2) is 59.7 Å². The maximum atomic E-state index is 13.9. The highest BCUT2D eigenvalue weighted by atomic mass is 19.1. The van der Waals surface area contributed by atoms with E-state index in [0.29, 0.717) is 11.3 Å². The molecular formula is C22H17FN8O2. The Bertz CT molecular complexity index is 1480. The zero-order valence-electron chi connectivity index (χ0n) is 17.4. The van der Waals surface area contributed by atoms with Gasteiger partial charge in [0.05, 0.1) is 18.4 Å². The van der Waals surface area contributed by atoms with Crippen LogP contribution >= 0.6 is 0 Å². The molecule has 0 spiro atoms. The number of aromatic nitrogens is 6. The van der Waals surface area contributed by atoms with Crippen molar-refractivity contribution >= 4 is 17.4 Å². The fourth-order valence-corrected chi connectivity index (χ4v) is 3.34. The third-order valence-corrected chi connectivity index (χ3v) is 4.99. The van der Waals surface area contributed by atoms with Gasteiger partial charge in [-0.3, -0.25) is 9.78 Å². The van der Waals surface area contributed by atoms with Gasteiger partial charge in [-0.1, -0.05) is 0 Å². The van der Waals surface area contributed by atoms with Gasteiger partial charge < -0.3 is 19.9 Å². The maximum absolute atomic E-state index is 13.9. The van der Waals surface area contributed by atoms with Crippen LogP contribution in [-0.2, 0) is 6.54 Å². The van der Waals surface area contributed by atoms with Gasteiger partial charge in [-0.2, -0.15) is 0 Å². The molecule has 0 aromatic carbocycles. The van der Waals surface area contributed by atoms with E-state index < -0.39 is 11.7 Å².